The Morgan fingerprint density at radius 1 is 1.24 bits per heavy atom. The Hall–Kier alpha value is -1.03. The quantitative estimate of drug-likeness (QED) is 0.330. The van der Waals surface area contributed by atoms with Crippen molar-refractivity contribution in [3.63, 3.8) is 0 Å². The lowest BCUT2D eigenvalue weighted by molar-refractivity contribution is -0.137. The van der Waals surface area contributed by atoms with Crippen LogP contribution in [-0.4, -0.2) is 50.1 Å². The third kappa shape index (κ3) is 6.47. The molecule has 1 saturated heterocycles. The highest BCUT2D eigenvalue weighted by Crippen LogP contribution is 2.48. The SMILES string of the molecule is CCCN1CCC(NC(=NC)NCC2(c3cccc(C(F)(F)F)c3)CC2)CC1.I. The van der Waals surface area contributed by atoms with Gasteiger partial charge in [-0.15, -0.1) is 24.0 Å². The second-order valence-corrected chi connectivity index (χ2v) is 8.04. The van der Waals surface area contributed by atoms with Gasteiger partial charge in [0, 0.05) is 38.1 Å². The Morgan fingerprint density at radius 2 is 1.93 bits per heavy atom. The minimum absolute atomic E-state index is 0. The fourth-order valence-corrected chi connectivity index (χ4v) is 4.00. The molecule has 29 heavy (non-hydrogen) atoms. The third-order valence-electron chi connectivity index (χ3n) is 5.94. The largest absolute Gasteiger partial charge is 0.416 e. The number of nitrogens with zero attached hydrogens (tertiary/aromatic N) is 2. The third-order valence-corrected chi connectivity index (χ3v) is 5.94. The van der Waals surface area contributed by atoms with Crippen molar-refractivity contribution in [2.24, 2.45) is 4.99 Å². The first-order chi connectivity index (χ1) is 13.4. The second-order valence-electron chi connectivity index (χ2n) is 8.04. The van der Waals surface area contributed by atoms with Crippen molar-refractivity contribution in [2.45, 2.75) is 56.7 Å². The number of nitrogens with one attached hydrogen (secondary N) is 2. The molecule has 3 rings (SSSR count). The molecule has 1 aliphatic carbocycles. The summed E-state index contributed by atoms with van der Waals surface area (Å²) in [6.45, 7) is 6.14. The second kappa shape index (κ2) is 10.3. The summed E-state index contributed by atoms with van der Waals surface area (Å²) >= 11 is 0. The molecule has 0 spiro atoms. The van der Waals surface area contributed by atoms with E-state index in [-0.39, 0.29) is 29.4 Å². The number of benzene rings is 1. The number of guanidine groups is 1. The van der Waals surface area contributed by atoms with Crippen LogP contribution < -0.4 is 10.6 Å². The van der Waals surface area contributed by atoms with Gasteiger partial charge in [-0.2, -0.15) is 13.2 Å². The average molecular weight is 524 g/mol. The van der Waals surface area contributed by atoms with Crippen LogP contribution in [-0.2, 0) is 11.6 Å². The number of hydrogen-bond donors (Lipinski definition) is 2. The van der Waals surface area contributed by atoms with Gasteiger partial charge in [-0.05, 0) is 50.3 Å². The van der Waals surface area contributed by atoms with Crippen LogP contribution in [0, 0.1) is 0 Å². The zero-order valence-corrected chi connectivity index (χ0v) is 19.5. The van der Waals surface area contributed by atoms with Gasteiger partial charge < -0.3 is 15.5 Å². The van der Waals surface area contributed by atoms with Crippen LogP contribution in [0.15, 0.2) is 29.3 Å². The fraction of sp³-hybridized carbons (Fsp3) is 0.667. The van der Waals surface area contributed by atoms with Gasteiger partial charge in [-0.3, -0.25) is 4.99 Å². The molecule has 4 nitrogen and oxygen atoms in total. The minimum atomic E-state index is -4.30. The predicted octanol–water partition coefficient (Wildman–Crippen LogP) is 4.39. The summed E-state index contributed by atoms with van der Waals surface area (Å²) in [4.78, 5) is 6.81. The highest BCUT2D eigenvalue weighted by Gasteiger charge is 2.45. The summed E-state index contributed by atoms with van der Waals surface area (Å²) in [6, 6.07) is 6.15. The summed E-state index contributed by atoms with van der Waals surface area (Å²) in [7, 11) is 1.74. The van der Waals surface area contributed by atoms with Crippen molar-refractivity contribution in [3.8, 4) is 0 Å². The van der Waals surface area contributed by atoms with E-state index in [4.69, 9.17) is 0 Å². The minimum Gasteiger partial charge on any atom is -0.356 e. The zero-order valence-electron chi connectivity index (χ0n) is 17.2. The Morgan fingerprint density at radius 3 is 2.48 bits per heavy atom. The maximum absolute atomic E-state index is 13.0. The van der Waals surface area contributed by atoms with E-state index in [1.165, 1.54) is 18.6 Å². The van der Waals surface area contributed by atoms with Gasteiger partial charge in [0.05, 0.1) is 5.56 Å². The molecule has 0 atom stereocenters. The molecule has 164 valence electrons. The molecule has 2 N–H and O–H groups in total. The monoisotopic (exact) mass is 524 g/mol. The Kier molecular flexibility index (Phi) is 8.63. The van der Waals surface area contributed by atoms with E-state index >= 15 is 0 Å². The van der Waals surface area contributed by atoms with Crippen molar-refractivity contribution < 1.29 is 13.2 Å². The standard InChI is InChI=1S/C21H31F3N4.HI/c1-3-11-28-12-7-18(8-13-28)27-19(25-2)26-15-20(9-10-20)16-5-4-6-17(14-16)21(22,23)24;/h4-6,14,18H,3,7-13,15H2,1-2H3,(H2,25,26,27);1H. The first kappa shape index (κ1) is 24.2. The lowest BCUT2D eigenvalue weighted by Crippen LogP contribution is -2.49. The molecule has 2 fully saturated rings. The molecule has 0 amide bonds. The highest BCUT2D eigenvalue weighted by atomic mass is 127. The van der Waals surface area contributed by atoms with Gasteiger partial charge >= 0.3 is 6.18 Å². The number of alkyl halides is 3. The summed E-state index contributed by atoms with van der Waals surface area (Å²) in [5.74, 6) is 0.743. The van der Waals surface area contributed by atoms with Crippen LogP contribution in [0.2, 0.25) is 0 Å². The highest BCUT2D eigenvalue weighted by molar-refractivity contribution is 14.0. The molecule has 1 aromatic carbocycles. The summed E-state index contributed by atoms with van der Waals surface area (Å²) in [6.07, 6.45) is 0.836. The molecule has 0 aromatic heterocycles. The van der Waals surface area contributed by atoms with Crippen LogP contribution in [0.4, 0.5) is 13.2 Å². The van der Waals surface area contributed by atoms with Crippen LogP contribution in [0.1, 0.15) is 50.2 Å². The van der Waals surface area contributed by atoms with Gasteiger partial charge in [-0.1, -0.05) is 25.1 Å². The van der Waals surface area contributed by atoms with Crippen molar-refractivity contribution in [2.75, 3.05) is 33.2 Å². The Labute approximate surface area is 188 Å². The first-order valence-electron chi connectivity index (χ1n) is 10.2. The van der Waals surface area contributed by atoms with E-state index in [9.17, 15) is 13.2 Å². The fourth-order valence-electron chi connectivity index (χ4n) is 4.00. The molecule has 0 bridgehead atoms. The lowest BCUT2D eigenvalue weighted by atomic mass is 9.94. The number of aliphatic imine (C=N–C) groups is 1. The lowest BCUT2D eigenvalue weighted by Gasteiger charge is -2.33. The van der Waals surface area contributed by atoms with Crippen molar-refractivity contribution >= 4 is 29.9 Å². The number of rotatable bonds is 6. The molecular weight excluding hydrogens is 492 g/mol. The molecule has 1 saturated carbocycles. The van der Waals surface area contributed by atoms with E-state index in [0.717, 1.165) is 62.9 Å². The number of likely N-dealkylation sites (tertiary alicyclic amines) is 1. The molecule has 1 aromatic rings. The number of halogens is 4. The van der Waals surface area contributed by atoms with Gasteiger partial charge in [0.25, 0.3) is 0 Å². The van der Waals surface area contributed by atoms with E-state index < -0.39 is 11.7 Å². The molecule has 8 heteroatoms. The molecule has 2 aliphatic rings. The van der Waals surface area contributed by atoms with Gasteiger partial charge in [0.1, 0.15) is 0 Å². The Balaban J connectivity index is 0.00000300. The number of hydrogen-bond acceptors (Lipinski definition) is 2. The van der Waals surface area contributed by atoms with Crippen LogP contribution in [0.5, 0.6) is 0 Å². The topological polar surface area (TPSA) is 39.7 Å². The van der Waals surface area contributed by atoms with Gasteiger partial charge in [-0.25, -0.2) is 0 Å². The molecule has 1 aliphatic heterocycles. The summed E-state index contributed by atoms with van der Waals surface area (Å²) in [5, 5.41) is 6.84. The average Bonchev–Trinajstić information content (AvgIpc) is 3.47. The van der Waals surface area contributed by atoms with E-state index in [2.05, 4.69) is 27.4 Å². The summed E-state index contributed by atoms with van der Waals surface area (Å²) < 4.78 is 39.1. The number of piperidine rings is 1. The van der Waals surface area contributed by atoms with Crippen molar-refractivity contribution in [1.29, 1.82) is 0 Å². The first-order valence-corrected chi connectivity index (χ1v) is 10.2. The van der Waals surface area contributed by atoms with Crippen LogP contribution in [0.25, 0.3) is 0 Å². The van der Waals surface area contributed by atoms with E-state index in [1.807, 2.05) is 6.07 Å². The molecular formula is C21H32F3IN4. The predicted molar refractivity (Wildman–Crippen MR) is 122 cm³/mol. The Bertz CT molecular complexity index is 681. The maximum Gasteiger partial charge on any atom is 0.416 e. The smallest absolute Gasteiger partial charge is 0.356 e. The van der Waals surface area contributed by atoms with Crippen LogP contribution in [0.3, 0.4) is 0 Å². The van der Waals surface area contributed by atoms with Crippen molar-refractivity contribution in [3.05, 3.63) is 35.4 Å². The molecule has 0 unspecified atom stereocenters. The summed E-state index contributed by atoms with van der Waals surface area (Å²) in [5.41, 5.74) is -0.0283. The van der Waals surface area contributed by atoms with Crippen LogP contribution >= 0.6 is 24.0 Å². The molecule has 0 radical (unpaired) electrons. The maximum atomic E-state index is 13.0. The van der Waals surface area contributed by atoms with E-state index in [1.54, 1.807) is 7.05 Å². The zero-order chi connectivity index (χ0) is 20.2. The normalized spacial score (nSPS) is 20.1. The van der Waals surface area contributed by atoms with Gasteiger partial charge in [0.2, 0.25) is 0 Å². The van der Waals surface area contributed by atoms with Crippen molar-refractivity contribution in [1.82, 2.24) is 15.5 Å². The molecule has 1 heterocycles. The van der Waals surface area contributed by atoms with Gasteiger partial charge in [0.15, 0.2) is 5.96 Å². The van der Waals surface area contributed by atoms with E-state index in [0.29, 0.717) is 12.6 Å².